The fourth-order valence-electron chi connectivity index (χ4n) is 1.85. The Morgan fingerprint density at radius 3 is 2.55 bits per heavy atom. The van der Waals surface area contributed by atoms with Gasteiger partial charge in [-0.15, -0.1) is 0 Å². The number of carboxylic acid groups (broad SMARTS) is 1. The highest BCUT2D eigenvalue weighted by atomic mass is 16.4. The van der Waals surface area contributed by atoms with E-state index in [0.717, 1.165) is 17.5 Å². The van der Waals surface area contributed by atoms with E-state index in [1.807, 2.05) is 45.0 Å². The van der Waals surface area contributed by atoms with Crippen molar-refractivity contribution in [2.24, 2.45) is 0 Å². The zero-order valence-corrected chi connectivity index (χ0v) is 12.2. The van der Waals surface area contributed by atoms with Crippen LogP contribution >= 0.6 is 0 Å². The van der Waals surface area contributed by atoms with Gasteiger partial charge >= 0.3 is 5.97 Å². The lowest BCUT2D eigenvalue weighted by atomic mass is 10.1. The molecule has 4 heteroatoms. The molecule has 1 unspecified atom stereocenters. The molecule has 0 aliphatic heterocycles. The second kappa shape index (κ2) is 7.48. The molecule has 0 radical (unpaired) electrons. The Labute approximate surface area is 119 Å². The van der Waals surface area contributed by atoms with Gasteiger partial charge in [0.25, 0.3) is 0 Å². The first-order chi connectivity index (χ1) is 9.45. The molecule has 0 aromatic heterocycles. The molecule has 1 aromatic rings. The van der Waals surface area contributed by atoms with Crippen LogP contribution in [-0.4, -0.2) is 34.5 Å². The lowest BCUT2D eigenvalue weighted by Gasteiger charge is -2.25. The SMILES string of the molecule is CCC(C)N(CC(=O)O)C(=O)/C=C/c1ccccc1C. The fourth-order valence-corrected chi connectivity index (χ4v) is 1.85. The topological polar surface area (TPSA) is 57.6 Å². The minimum absolute atomic E-state index is 0.0971. The van der Waals surface area contributed by atoms with Crippen LogP contribution in [0.2, 0.25) is 0 Å². The summed E-state index contributed by atoms with van der Waals surface area (Å²) in [7, 11) is 0. The Morgan fingerprint density at radius 2 is 2.00 bits per heavy atom. The molecule has 1 amide bonds. The predicted molar refractivity (Wildman–Crippen MR) is 79.3 cm³/mol. The molecule has 0 aliphatic rings. The summed E-state index contributed by atoms with van der Waals surface area (Å²) < 4.78 is 0. The number of nitrogens with zero attached hydrogens (tertiary/aromatic N) is 1. The third kappa shape index (κ3) is 4.53. The number of hydrogen-bond acceptors (Lipinski definition) is 2. The molecular formula is C16H21NO3. The molecule has 0 spiro atoms. The van der Waals surface area contributed by atoms with Crippen molar-refractivity contribution in [2.75, 3.05) is 6.54 Å². The Kier molecular flexibility index (Phi) is 5.97. The molecule has 0 heterocycles. The van der Waals surface area contributed by atoms with Crippen LogP contribution in [0.3, 0.4) is 0 Å². The molecule has 0 saturated carbocycles. The van der Waals surface area contributed by atoms with Gasteiger partial charge in [-0.1, -0.05) is 31.2 Å². The third-order valence-corrected chi connectivity index (χ3v) is 3.31. The standard InChI is InChI=1S/C16H21NO3/c1-4-13(3)17(11-16(19)20)15(18)10-9-14-8-6-5-7-12(14)2/h5-10,13H,4,11H2,1-3H3,(H,19,20)/b10-9+. The van der Waals surface area contributed by atoms with Gasteiger partial charge in [-0.25, -0.2) is 0 Å². The van der Waals surface area contributed by atoms with Crippen LogP contribution in [0.1, 0.15) is 31.4 Å². The van der Waals surface area contributed by atoms with Gasteiger partial charge in [0, 0.05) is 12.1 Å². The maximum Gasteiger partial charge on any atom is 0.323 e. The number of carbonyl (C=O) groups excluding carboxylic acids is 1. The predicted octanol–water partition coefficient (Wildman–Crippen LogP) is 2.72. The van der Waals surface area contributed by atoms with Crippen LogP contribution in [-0.2, 0) is 9.59 Å². The first-order valence-corrected chi connectivity index (χ1v) is 6.71. The summed E-state index contributed by atoms with van der Waals surface area (Å²) in [5.74, 6) is -1.27. The Morgan fingerprint density at radius 1 is 1.35 bits per heavy atom. The Bertz CT molecular complexity index is 508. The molecule has 1 rings (SSSR count). The van der Waals surface area contributed by atoms with E-state index >= 15 is 0 Å². The van der Waals surface area contributed by atoms with Crippen molar-refractivity contribution >= 4 is 18.0 Å². The zero-order valence-electron chi connectivity index (χ0n) is 12.2. The summed E-state index contributed by atoms with van der Waals surface area (Å²) in [4.78, 5) is 24.4. The average Bonchev–Trinajstić information content (AvgIpc) is 2.42. The summed E-state index contributed by atoms with van der Waals surface area (Å²) in [6.07, 6.45) is 3.89. The third-order valence-electron chi connectivity index (χ3n) is 3.31. The van der Waals surface area contributed by atoms with E-state index in [-0.39, 0.29) is 18.5 Å². The van der Waals surface area contributed by atoms with E-state index in [9.17, 15) is 9.59 Å². The highest BCUT2D eigenvalue weighted by molar-refractivity contribution is 5.93. The van der Waals surface area contributed by atoms with Crippen molar-refractivity contribution in [1.82, 2.24) is 4.90 Å². The number of benzene rings is 1. The van der Waals surface area contributed by atoms with Crippen LogP contribution < -0.4 is 0 Å². The molecule has 20 heavy (non-hydrogen) atoms. The molecule has 4 nitrogen and oxygen atoms in total. The van der Waals surface area contributed by atoms with Gasteiger partial charge in [-0.2, -0.15) is 0 Å². The normalized spacial score (nSPS) is 12.3. The summed E-state index contributed by atoms with van der Waals surface area (Å²) in [6.45, 7) is 5.47. The van der Waals surface area contributed by atoms with Crippen LogP contribution in [0.15, 0.2) is 30.3 Å². The quantitative estimate of drug-likeness (QED) is 0.812. The van der Waals surface area contributed by atoms with Crippen molar-refractivity contribution < 1.29 is 14.7 Å². The van der Waals surface area contributed by atoms with Crippen LogP contribution in [0, 0.1) is 6.92 Å². The zero-order chi connectivity index (χ0) is 15.1. The molecule has 0 saturated heterocycles. The largest absolute Gasteiger partial charge is 0.480 e. The van der Waals surface area contributed by atoms with Gasteiger partial charge in [-0.05, 0) is 37.5 Å². The van der Waals surface area contributed by atoms with Gasteiger partial charge in [0.15, 0.2) is 0 Å². The van der Waals surface area contributed by atoms with E-state index in [0.29, 0.717) is 0 Å². The van der Waals surface area contributed by atoms with Gasteiger partial charge in [0.05, 0.1) is 0 Å². The summed E-state index contributed by atoms with van der Waals surface area (Å²) in [5, 5.41) is 8.89. The second-order valence-electron chi connectivity index (χ2n) is 4.81. The van der Waals surface area contributed by atoms with Crippen molar-refractivity contribution in [2.45, 2.75) is 33.2 Å². The summed E-state index contributed by atoms with van der Waals surface area (Å²) in [6, 6.07) is 7.63. The maximum absolute atomic E-state index is 12.1. The van der Waals surface area contributed by atoms with Gasteiger partial charge in [0.1, 0.15) is 6.54 Å². The number of amides is 1. The molecule has 0 aliphatic carbocycles. The average molecular weight is 275 g/mol. The molecule has 1 aromatic carbocycles. The van der Waals surface area contributed by atoms with E-state index in [1.165, 1.54) is 11.0 Å². The van der Waals surface area contributed by atoms with Crippen molar-refractivity contribution in [1.29, 1.82) is 0 Å². The van der Waals surface area contributed by atoms with Crippen LogP contribution in [0.4, 0.5) is 0 Å². The van der Waals surface area contributed by atoms with Crippen molar-refractivity contribution in [3.8, 4) is 0 Å². The lowest BCUT2D eigenvalue weighted by molar-refractivity contribution is -0.144. The number of carbonyl (C=O) groups is 2. The molecule has 0 fully saturated rings. The number of rotatable bonds is 6. The van der Waals surface area contributed by atoms with Crippen molar-refractivity contribution in [3.05, 3.63) is 41.5 Å². The minimum atomic E-state index is -0.997. The van der Waals surface area contributed by atoms with Gasteiger partial charge in [0.2, 0.25) is 5.91 Å². The summed E-state index contributed by atoms with van der Waals surface area (Å²) in [5.41, 5.74) is 2.03. The maximum atomic E-state index is 12.1. The lowest BCUT2D eigenvalue weighted by Crippen LogP contribution is -2.40. The van der Waals surface area contributed by atoms with Gasteiger partial charge in [-0.3, -0.25) is 9.59 Å². The molecule has 0 bridgehead atoms. The summed E-state index contributed by atoms with van der Waals surface area (Å²) >= 11 is 0. The highest BCUT2D eigenvalue weighted by Gasteiger charge is 2.19. The first-order valence-electron chi connectivity index (χ1n) is 6.71. The van der Waals surface area contributed by atoms with Crippen molar-refractivity contribution in [3.63, 3.8) is 0 Å². The molecule has 108 valence electrons. The number of carboxylic acids is 1. The highest BCUT2D eigenvalue weighted by Crippen LogP contribution is 2.10. The van der Waals surface area contributed by atoms with E-state index in [2.05, 4.69) is 0 Å². The smallest absolute Gasteiger partial charge is 0.323 e. The Hall–Kier alpha value is -2.10. The van der Waals surface area contributed by atoms with E-state index in [4.69, 9.17) is 5.11 Å². The fraction of sp³-hybridized carbons (Fsp3) is 0.375. The number of aliphatic carboxylic acids is 1. The van der Waals surface area contributed by atoms with E-state index in [1.54, 1.807) is 6.08 Å². The van der Waals surface area contributed by atoms with E-state index < -0.39 is 5.97 Å². The molecule has 1 N–H and O–H groups in total. The van der Waals surface area contributed by atoms with Gasteiger partial charge < -0.3 is 10.0 Å². The number of hydrogen-bond donors (Lipinski definition) is 1. The minimum Gasteiger partial charge on any atom is -0.480 e. The number of aryl methyl sites for hydroxylation is 1. The Balaban J connectivity index is 2.85. The molecule has 1 atom stereocenters. The van der Waals surface area contributed by atoms with Crippen LogP contribution in [0.25, 0.3) is 6.08 Å². The second-order valence-corrected chi connectivity index (χ2v) is 4.81. The molecular weight excluding hydrogens is 254 g/mol. The first kappa shape index (κ1) is 16.0. The van der Waals surface area contributed by atoms with Crippen LogP contribution in [0.5, 0.6) is 0 Å². The monoisotopic (exact) mass is 275 g/mol.